The van der Waals surface area contributed by atoms with Crippen LogP contribution in [0.25, 0.3) is 11.1 Å². The van der Waals surface area contributed by atoms with E-state index in [1.165, 1.54) is 0 Å². The average molecular weight is 338 g/mol. The van der Waals surface area contributed by atoms with Crippen LogP contribution in [0.5, 0.6) is 0 Å². The topological polar surface area (TPSA) is 93.3 Å². The number of nitrogens with zero attached hydrogens (tertiary/aromatic N) is 1. The molecule has 3 N–H and O–H groups in total. The van der Waals surface area contributed by atoms with E-state index in [0.717, 1.165) is 22.3 Å². The van der Waals surface area contributed by atoms with E-state index in [1.54, 1.807) is 5.48 Å². The van der Waals surface area contributed by atoms with Gasteiger partial charge in [0, 0.05) is 6.42 Å². The van der Waals surface area contributed by atoms with E-state index >= 15 is 0 Å². The van der Waals surface area contributed by atoms with Gasteiger partial charge in [-0.25, -0.2) is 5.48 Å². The van der Waals surface area contributed by atoms with Gasteiger partial charge in [-0.3, -0.25) is 10.0 Å². The fourth-order valence-electron chi connectivity index (χ4n) is 2.65. The molecule has 130 valence electrons. The van der Waals surface area contributed by atoms with Crippen molar-refractivity contribution in [2.45, 2.75) is 38.2 Å². The first-order valence-electron chi connectivity index (χ1n) is 8.31. The van der Waals surface area contributed by atoms with Crippen LogP contribution >= 0.6 is 0 Å². The summed E-state index contributed by atoms with van der Waals surface area (Å²) in [6.07, 6.45) is 1.99. The molecule has 1 amide bonds. The third-order valence-electron chi connectivity index (χ3n) is 4.12. The van der Waals surface area contributed by atoms with Crippen molar-refractivity contribution in [3.05, 3.63) is 59.7 Å². The number of aliphatic hydroxyl groups is 1. The Labute approximate surface area is 147 Å². The van der Waals surface area contributed by atoms with Crippen LogP contribution < -0.4 is 5.48 Å². The number of hydrogen-bond donors (Lipinski definition) is 3. The lowest BCUT2D eigenvalue weighted by Gasteiger charge is -2.12. The van der Waals surface area contributed by atoms with Crippen molar-refractivity contribution in [3.63, 3.8) is 0 Å². The summed E-state index contributed by atoms with van der Waals surface area (Å²) in [6.45, 7) is 0. The number of nitrogens with one attached hydrogen (secondary N) is 1. The number of unbranched alkanes of at least 4 members (excludes halogenated alkanes) is 1. The number of amides is 1. The predicted molar refractivity (Wildman–Crippen MR) is 94.6 cm³/mol. The highest BCUT2D eigenvalue weighted by Crippen LogP contribution is 2.25. The molecule has 25 heavy (non-hydrogen) atoms. The molecule has 1 atom stereocenters. The Morgan fingerprint density at radius 1 is 1.04 bits per heavy atom. The van der Waals surface area contributed by atoms with Crippen molar-refractivity contribution in [3.8, 4) is 17.2 Å². The Morgan fingerprint density at radius 3 is 2.20 bits per heavy atom. The Hall–Kier alpha value is -2.68. The Bertz CT molecular complexity index is 718. The molecule has 0 radical (unpaired) electrons. The van der Waals surface area contributed by atoms with E-state index in [0.29, 0.717) is 25.7 Å². The molecule has 5 heteroatoms. The van der Waals surface area contributed by atoms with Crippen LogP contribution in [0.15, 0.2) is 48.5 Å². The third kappa shape index (κ3) is 5.71. The lowest BCUT2D eigenvalue weighted by molar-refractivity contribution is -0.129. The highest BCUT2D eigenvalue weighted by atomic mass is 16.5. The second kappa shape index (κ2) is 9.58. The maximum Gasteiger partial charge on any atom is 0.243 e. The summed E-state index contributed by atoms with van der Waals surface area (Å²) in [5.41, 5.74) is 5.56. The van der Waals surface area contributed by atoms with Gasteiger partial charge in [-0.2, -0.15) is 5.26 Å². The summed E-state index contributed by atoms with van der Waals surface area (Å²) in [5, 5.41) is 27.3. The van der Waals surface area contributed by atoms with Crippen molar-refractivity contribution in [1.29, 1.82) is 5.26 Å². The van der Waals surface area contributed by atoms with Crippen LogP contribution in [0.3, 0.4) is 0 Å². The second-order valence-corrected chi connectivity index (χ2v) is 5.95. The molecule has 0 aliphatic heterocycles. The molecule has 0 unspecified atom stereocenters. The molecule has 0 saturated heterocycles. The minimum atomic E-state index is -0.566. The normalized spacial score (nSPS) is 11.6. The first-order chi connectivity index (χ1) is 12.1. The zero-order chi connectivity index (χ0) is 18.1. The summed E-state index contributed by atoms with van der Waals surface area (Å²) in [7, 11) is 0. The van der Waals surface area contributed by atoms with Crippen LogP contribution in [-0.4, -0.2) is 16.2 Å². The van der Waals surface area contributed by atoms with Crippen LogP contribution in [0.2, 0.25) is 0 Å². The SMILES string of the molecule is N#CCc1ccc(-c2ccc([C@H](O)CCCCC(=O)NO)cc2)cc1. The van der Waals surface area contributed by atoms with Crippen LogP contribution in [0, 0.1) is 11.3 Å². The maximum absolute atomic E-state index is 10.9. The van der Waals surface area contributed by atoms with Crippen LogP contribution in [0.1, 0.15) is 42.9 Å². The summed E-state index contributed by atoms with van der Waals surface area (Å²) in [6, 6.07) is 17.8. The van der Waals surface area contributed by atoms with Gasteiger partial charge in [-0.15, -0.1) is 0 Å². The van der Waals surface area contributed by atoms with E-state index in [9.17, 15) is 9.90 Å². The molecule has 0 aliphatic rings. The first kappa shape index (κ1) is 18.7. The molecule has 2 aromatic rings. The lowest BCUT2D eigenvalue weighted by Crippen LogP contribution is -2.17. The second-order valence-electron chi connectivity index (χ2n) is 5.95. The molecule has 0 saturated carbocycles. The van der Waals surface area contributed by atoms with Gasteiger partial charge in [-0.1, -0.05) is 55.0 Å². The molecule has 0 fully saturated rings. The van der Waals surface area contributed by atoms with Crippen molar-refractivity contribution < 1.29 is 15.1 Å². The van der Waals surface area contributed by atoms with Crippen molar-refractivity contribution >= 4 is 5.91 Å². The maximum atomic E-state index is 10.9. The van der Waals surface area contributed by atoms with Crippen molar-refractivity contribution in [1.82, 2.24) is 5.48 Å². The first-order valence-corrected chi connectivity index (χ1v) is 8.31. The fourth-order valence-corrected chi connectivity index (χ4v) is 2.65. The standard InChI is InChI=1S/C20H22N2O3/c21-14-13-15-5-7-16(8-6-15)17-9-11-18(12-10-17)19(23)3-1-2-4-20(24)22-25/h5-12,19,23,25H,1-4,13H2,(H,22,24)/t19-/m1/s1. The summed E-state index contributed by atoms with van der Waals surface area (Å²) in [5.74, 6) is -0.403. The molecule has 2 rings (SSSR count). The highest BCUT2D eigenvalue weighted by molar-refractivity contribution is 5.74. The van der Waals surface area contributed by atoms with E-state index in [-0.39, 0.29) is 6.42 Å². The number of hydroxylamine groups is 1. The van der Waals surface area contributed by atoms with Gasteiger partial charge in [0.25, 0.3) is 0 Å². The van der Waals surface area contributed by atoms with Gasteiger partial charge in [0.15, 0.2) is 0 Å². The number of rotatable bonds is 8. The molecule has 0 aromatic heterocycles. The van der Waals surface area contributed by atoms with E-state index in [4.69, 9.17) is 10.5 Å². The fraction of sp³-hybridized carbons (Fsp3) is 0.300. The van der Waals surface area contributed by atoms with Gasteiger partial charge >= 0.3 is 0 Å². The van der Waals surface area contributed by atoms with E-state index in [2.05, 4.69) is 6.07 Å². The minimum absolute atomic E-state index is 0.254. The van der Waals surface area contributed by atoms with Crippen LogP contribution in [-0.2, 0) is 11.2 Å². The Kier molecular flexibility index (Phi) is 7.15. The predicted octanol–water partition coefficient (Wildman–Crippen LogP) is 3.52. The number of carbonyl (C=O) groups is 1. The largest absolute Gasteiger partial charge is 0.388 e. The average Bonchev–Trinajstić information content (AvgIpc) is 2.66. The highest BCUT2D eigenvalue weighted by Gasteiger charge is 2.08. The summed E-state index contributed by atoms with van der Waals surface area (Å²) in [4.78, 5) is 10.9. The molecule has 0 aliphatic carbocycles. The smallest absolute Gasteiger partial charge is 0.243 e. The number of carbonyl (C=O) groups excluding carboxylic acids is 1. The van der Waals surface area contributed by atoms with Gasteiger partial charge in [0.1, 0.15) is 0 Å². The molecule has 0 spiro atoms. The molecular weight excluding hydrogens is 316 g/mol. The zero-order valence-corrected chi connectivity index (χ0v) is 14.0. The van der Waals surface area contributed by atoms with Gasteiger partial charge < -0.3 is 5.11 Å². The molecule has 0 bridgehead atoms. The van der Waals surface area contributed by atoms with Crippen molar-refractivity contribution in [2.75, 3.05) is 0 Å². The number of hydrogen-bond acceptors (Lipinski definition) is 4. The molecule has 0 heterocycles. The van der Waals surface area contributed by atoms with E-state index in [1.807, 2.05) is 48.5 Å². The quantitative estimate of drug-likeness (QED) is 0.390. The molecule has 2 aromatic carbocycles. The Morgan fingerprint density at radius 2 is 1.64 bits per heavy atom. The Balaban J connectivity index is 1.90. The monoisotopic (exact) mass is 338 g/mol. The van der Waals surface area contributed by atoms with Gasteiger partial charge in [-0.05, 0) is 35.1 Å². The lowest BCUT2D eigenvalue weighted by atomic mass is 9.98. The van der Waals surface area contributed by atoms with Gasteiger partial charge in [0.2, 0.25) is 5.91 Å². The van der Waals surface area contributed by atoms with Gasteiger partial charge in [0.05, 0.1) is 18.6 Å². The number of nitriles is 1. The minimum Gasteiger partial charge on any atom is -0.388 e. The summed E-state index contributed by atoms with van der Waals surface area (Å²) >= 11 is 0. The third-order valence-corrected chi connectivity index (χ3v) is 4.12. The van der Waals surface area contributed by atoms with Crippen LogP contribution in [0.4, 0.5) is 0 Å². The van der Waals surface area contributed by atoms with E-state index < -0.39 is 12.0 Å². The molecular formula is C20H22N2O3. The number of aliphatic hydroxyl groups excluding tert-OH is 1. The van der Waals surface area contributed by atoms with Crippen molar-refractivity contribution in [2.24, 2.45) is 0 Å². The zero-order valence-electron chi connectivity index (χ0n) is 14.0. The molecule has 5 nitrogen and oxygen atoms in total. The summed E-state index contributed by atoms with van der Waals surface area (Å²) < 4.78 is 0. The number of benzene rings is 2.